The van der Waals surface area contributed by atoms with Crippen molar-refractivity contribution in [1.82, 2.24) is 15.2 Å². The number of carbonyl (C=O) groups is 2. The SMILES string of the molecule is CCNC(=O)[C@]1(Cc2ccc(-c3cccs3)cc2)CCCN(C(=O)c2cccnc2N)C1. The number of carbonyl (C=O) groups excluding carboxylic acids is 2. The van der Waals surface area contributed by atoms with Gasteiger partial charge in [0.1, 0.15) is 5.82 Å². The minimum absolute atomic E-state index is 0.000933. The molecule has 0 aliphatic carbocycles. The number of benzene rings is 1. The van der Waals surface area contributed by atoms with Crippen molar-refractivity contribution >= 4 is 29.0 Å². The van der Waals surface area contributed by atoms with Gasteiger partial charge in [0, 0.05) is 30.7 Å². The Bertz CT molecular complexity index is 1080. The molecule has 2 amide bonds. The van der Waals surface area contributed by atoms with E-state index in [-0.39, 0.29) is 17.6 Å². The average Bonchev–Trinajstić information content (AvgIpc) is 3.35. The normalized spacial score (nSPS) is 18.3. The number of nitrogens with two attached hydrogens (primary N) is 1. The summed E-state index contributed by atoms with van der Waals surface area (Å²) in [7, 11) is 0. The van der Waals surface area contributed by atoms with E-state index in [9.17, 15) is 9.59 Å². The van der Waals surface area contributed by atoms with Gasteiger partial charge in [0.25, 0.3) is 5.91 Å². The predicted molar refractivity (Wildman–Crippen MR) is 128 cm³/mol. The maximum absolute atomic E-state index is 13.3. The first-order chi connectivity index (χ1) is 15.5. The van der Waals surface area contributed by atoms with Gasteiger partial charge in [-0.15, -0.1) is 11.3 Å². The number of nitrogens with zero attached hydrogens (tertiary/aromatic N) is 2. The van der Waals surface area contributed by atoms with Gasteiger partial charge in [0.2, 0.25) is 5.91 Å². The van der Waals surface area contributed by atoms with Gasteiger partial charge >= 0.3 is 0 Å². The van der Waals surface area contributed by atoms with Crippen molar-refractivity contribution in [3.8, 4) is 10.4 Å². The van der Waals surface area contributed by atoms with Gasteiger partial charge in [-0.2, -0.15) is 0 Å². The number of nitrogen functional groups attached to an aromatic ring is 1. The number of pyridine rings is 1. The lowest BCUT2D eigenvalue weighted by atomic mass is 9.74. The number of likely N-dealkylation sites (tertiary alicyclic amines) is 1. The first-order valence-corrected chi connectivity index (χ1v) is 11.8. The fourth-order valence-electron chi connectivity index (χ4n) is 4.45. The summed E-state index contributed by atoms with van der Waals surface area (Å²) in [6, 6.07) is 15.9. The molecule has 1 aromatic carbocycles. The van der Waals surface area contributed by atoms with Crippen molar-refractivity contribution in [2.75, 3.05) is 25.4 Å². The first kappa shape index (κ1) is 22.0. The quantitative estimate of drug-likeness (QED) is 0.597. The van der Waals surface area contributed by atoms with Crippen LogP contribution in [-0.2, 0) is 11.2 Å². The molecule has 1 aliphatic rings. The smallest absolute Gasteiger partial charge is 0.257 e. The Kier molecular flexibility index (Phi) is 6.55. The third-order valence-electron chi connectivity index (χ3n) is 6.05. The van der Waals surface area contributed by atoms with Crippen LogP contribution in [0.3, 0.4) is 0 Å². The summed E-state index contributed by atoms with van der Waals surface area (Å²) < 4.78 is 0. The van der Waals surface area contributed by atoms with E-state index in [0.717, 1.165) is 18.4 Å². The van der Waals surface area contributed by atoms with E-state index in [0.29, 0.717) is 31.6 Å². The summed E-state index contributed by atoms with van der Waals surface area (Å²) in [4.78, 5) is 33.5. The third-order valence-corrected chi connectivity index (χ3v) is 6.97. The van der Waals surface area contributed by atoms with Crippen molar-refractivity contribution in [2.45, 2.75) is 26.2 Å². The molecule has 0 saturated carbocycles. The summed E-state index contributed by atoms with van der Waals surface area (Å²) in [5, 5.41) is 5.07. The number of piperidine rings is 1. The van der Waals surface area contributed by atoms with Gasteiger partial charge in [-0.05, 0) is 60.9 Å². The zero-order valence-electron chi connectivity index (χ0n) is 18.2. The molecule has 4 rings (SSSR count). The highest BCUT2D eigenvalue weighted by atomic mass is 32.1. The Morgan fingerprint density at radius 2 is 2.00 bits per heavy atom. The van der Waals surface area contributed by atoms with Crippen LogP contribution in [0.1, 0.15) is 35.7 Å². The lowest BCUT2D eigenvalue weighted by Crippen LogP contribution is -2.54. The molecule has 1 aliphatic heterocycles. The summed E-state index contributed by atoms with van der Waals surface area (Å²) in [6.45, 7) is 3.44. The lowest BCUT2D eigenvalue weighted by Gasteiger charge is -2.42. The van der Waals surface area contributed by atoms with Crippen LogP contribution in [0.25, 0.3) is 10.4 Å². The second-order valence-corrected chi connectivity index (χ2v) is 9.20. The van der Waals surface area contributed by atoms with Crippen molar-refractivity contribution in [1.29, 1.82) is 0 Å². The van der Waals surface area contributed by atoms with Gasteiger partial charge < -0.3 is 16.0 Å². The number of hydrogen-bond acceptors (Lipinski definition) is 5. The summed E-state index contributed by atoms with van der Waals surface area (Å²) in [6.07, 6.45) is 3.64. The Hall–Kier alpha value is -3.19. The van der Waals surface area contributed by atoms with E-state index < -0.39 is 5.41 Å². The van der Waals surface area contributed by atoms with Crippen LogP contribution in [0.5, 0.6) is 0 Å². The number of anilines is 1. The Balaban J connectivity index is 1.59. The second-order valence-electron chi connectivity index (χ2n) is 8.26. The fraction of sp³-hybridized carbons (Fsp3) is 0.320. The molecule has 6 nitrogen and oxygen atoms in total. The minimum atomic E-state index is -0.675. The van der Waals surface area contributed by atoms with Crippen LogP contribution >= 0.6 is 11.3 Å². The molecule has 0 bridgehead atoms. The van der Waals surface area contributed by atoms with E-state index in [2.05, 4.69) is 46.0 Å². The number of rotatable bonds is 6. The molecular weight excluding hydrogens is 420 g/mol. The highest BCUT2D eigenvalue weighted by Gasteiger charge is 2.43. The van der Waals surface area contributed by atoms with E-state index in [1.165, 1.54) is 10.4 Å². The fourth-order valence-corrected chi connectivity index (χ4v) is 5.19. The molecule has 0 spiro atoms. The van der Waals surface area contributed by atoms with Crippen LogP contribution in [0.4, 0.5) is 5.82 Å². The molecule has 7 heteroatoms. The zero-order chi connectivity index (χ0) is 22.6. The molecule has 1 fully saturated rings. The number of hydrogen-bond donors (Lipinski definition) is 2. The molecule has 3 N–H and O–H groups in total. The molecule has 166 valence electrons. The van der Waals surface area contributed by atoms with Gasteiger partial charge in [-0.3, -0.25) is 9.59 Å². The Morgan fingerprint density at radius 3 is 2.69 bits per heavy atom. The van der Waals surface area contributed by atoms with Crippen LogP contribution in [0.2, 0.25) is 0 Å². The van der Waals surface area contributed by atoms with Crippen molar-refractivity contribution in [2.24, 2.45) is 5.41 Å². The molecule has 32 heavy (non-hydrogen) atoms. The van der Waals surface area contributed by atoms with Crippen LogP contribution in [-0.4, -0.2) is 41.3 Å². The molecule has 3 aromatic rings. The first-order valence-electron chi connectivity index (χ1n) is 10.9. The van der Waals surface area contributed by atoms with Crippen LogP contribution < -0.4 is 11.1 Å². The van der Waals surface area contributed by atoms with Gasteiger partial charge in [-0.1, -0.05) is 30.3 Å². The van der Waals surface area contributed by atoms with Crippen LogP contribution in [0, 0.1) is 5.41 Å². The van der Waals surface area contributed by atoms with E-state index >= 15 is 0 Å². The maximum atomic E-state index is 13.3. The largest absolute Gasteiger partial charge is 0.383 e. The lowest BCUT2D eigenvalue weighted by molar-refractivity contribution is -0.133. The minimum Gasteiger partial charge on any atom is -0.383 e. The monoisotopic (exact) mass is 448 g/mol. The molecular formula is C25H28N4O2S. The number of aromatic nitrogens is 1. The third kappa shape index (κ3) is 4.53. The van der Waals surface area contributed by atoms with Crippen molar-refractivity contribution in [3.63, 3.8) is 0 Å². The molecule has 3 heterocycles. The zero-order valence-corrected chi connectivity index (χ0v) is 19.0. The Morgan fingerprint density at radius 1 is 1.19 bits per heavy atom. The molecule has 1 saturated heterocycles. The van der Waals surface area contributed by atoms with Crippen molar-refractivity contribution in [3.05, 3.63) is 71.2 Å². The second kappa shape index (κ2) is 9.53. The van der Waals surface area contributed by atoms with Crippen molar-refractivity contribution < 1.29 is 9.59 Å². The summed E-state index contributed by atoms with van der Waals surface area (Å²) in [5.74, 6) is 0.0480. The molecule has 1 atom stereocenters. The maximum Gasteiger partial charge on any atom is 0.257 e. The molecule has 2 aromatic heterocycles. The van der Waals surface area contributed by atoms with E-state index in [4.69, 9.17) is 5.73 Å². The number of nitrogens with one attached hydrogen (secondary N) is 1. The van der Waals surface area contributed by atoms with Crippen LogP contribution in [0.15, 0.2) is 60.1 Å². The highest BCUT2D eigenvalue weighted by molar-refractivity contribution is 7.13. The number of thiophene rings is 1. The van der Waals surface area contributed by atoms with Gasteiger partial charge in [-0.25, -0.2) is 4.98 Å². The molecule has 0 radical (unpaired) electrons. The van der Waals surface area contributed by atoms with Gasteiger partial charge in [0.15, 0.2) is 0 Å². The van der Waals surface area contributed by atoms with E-state index in [1.807, 2.05) is 13.0 Å². The molecule has 0 unspecified atom stereocenters. The highest BCUT2D eigenvalue weighted by Crippen LogP contribution is 2.36. The topological polar surface area (TPSA) is 88.3 Å². The standard InChI is InChI=1S/C25H28N4O2S/c1-2-27-24(31)25(16-18-8-10-19(11-9-18)21-7-4-15-32-21)12-5-14-29(17-25)23(30)20-6-3-13-28-22(20)26/h3-4,6-11,13,15H,2,5,12,14,16-17H2,1H3,(H2,26,28)(H,27,31)/t25-/m0/s1. The summed E-state index contributed by atoms with van der Waals surface area (Å²) >= 11 is 1.71. The van der Waals surface area contributed by atoms with Gasteiger partial charge in [0.05, 0.1) is 11.0 Å². The average molecular weight is 449 g/mol. The summed E-state index contributed by atoms with van der Waals surface area (Å²) in [5.41, 5.74) is 7.92. The van der Waals surface area contributed by atoms with E-state index in [1.54, 1.807) is 34.6 Å². The Labute approximate surface area is 192 Å². The number of amides is 2. The predicted octanol–water partition coefficient (Wildman–Crippen LogP) is 3.99.